The van der Waals surface area contributed by atoms with Crippen molar-refractivity contribution in [1.82, 2.24) is 14.7 Å². The Hall–Kier alpha value is -1.93. The Bertz CT molecular complexity index is 531. The molecular weight excluding hydrogens is 386 g/mol. The number of aliphatic hydroxyl groups is 1. The molecule has 0 aromatic rings. The number of amides is 2. The molecule has 0 aromatic carbocycles. The van der Waals surface area contributed by atoms with Crippen LogP contribution in [0.3, 0.4) is 0 Å². The molecule has 2 amide bonds. The van der Waals surface area contributed by atoms with Gasteiger partial charge in [0.1, 0.15) is 11.8 Å². The van der Waals surface area contributed by atoms with Crippen LogP contribution >= 0.6 is 0 Å². The van der Waals surface area contributed by atoms with Crippen molar-refractivity contribution in [3.8, 4) is 0 Å². The van der Waals surface area contributed by atoms with Crippen LogP contribution < -0.4 is 0 Å². The maximum Gasteiger partial charge on any atom is 0.292 e. The van der Waals surface area contributed by atoms with Crippen molar-refractivity contribution in [3.05, 3.63) is 12.7 Å². The van der Waals surface area contributed by atoms with Crippen molar-refractivity contribution in [3.63, 3.8) is 0 Å². The molecular formula is C22H41N3O5. The normalized spacial score (nSPS) is 19.9. The average Bonchev–Trinajstić information content (AvgIpc) is 3.35. The van der Waals surface area contributed by atoms with Crippen LogP contribution in [0.2, 0.25) is 0 Å². The zero-order chi connectivity index (χ0) is 23.2. The molecule has 174 valence electrons. The van der Waals surface area contributed by atoms with Gasteiger partial charge in [0.25, 0.3) is 6.47 Å². The fourth-order valence-electron chi connectivity index (χ4n) is 3.51. The summed E-state index contributed by atoms with van der Waals surface area (Å²) in [7, 11) is 1.31. The molecule has 2 aliphatic heterocycles. The van der Waals surface area contributed by atoms with Crippen LogP contribution in [0, 0.1) is 0 Å². The van der Waals surface area contributed by atoms with Crippen molar-refractivity contribution in [2.75, 3.05) is 39.8 Å². The topological polar surface area (TPSA) is 90.4 Å². The largest absolute Gasteiger partial charge is 0.471 e. The summed E-state index contributed by atoms with van der Waals surface area (Å²) in [5.74, 6) is -0.178. The van der Waals surface area contributed by atoms with Gasteiger partial charge in [-0.3, -0.25) is 19.3 Å². The Morgan fingerprint density at radius 1 is 1.20 bits per heavy atom. The fourth-order valence-corrected chi connectivity index (χ4v) is 3.51. The second-order valence-corrected chi connectivity index (χ2v) is 7.24. The van der Waals surface area contributed by atoms with Crippen molar-refractivity contribution < 1.29 is 24.2 Å². The molecule has 8 nitrogen and oxygen atoms in total. The van der Waals surface area contributed by atoms with Gasteiger partial charge in [0, 0.05) is 26.2 Å². The maximum absolute atomic E-state index is 12.7. The van der Waals surface area contributed by atoms with Crippen molar-refractivity contribution in [2.45, 2.75) is 71.6 Å². The van der Waals surface area contributed by atoms with Crippen LogP contribution in [0.5, 0.6) is 0 Å². The number of piperazine rings is 1. The number of ether oxygens (including phenoxy) is 1. The lowest BCUT2D eigenvalue weighted by atomic mass is 10.1. The van der Waals surface area contributed by atoms with E-state index in [-0.39, 0.29) is 11.8 Å². The SMILES string of the molecule is C=CC(=O)N1CCN(C[C@H](O)N2CCCC2)C(=O)C12CC2.CC.CCC.COC=O. The van der Waals surface area contributed by atoms with Crippen molar-refractivity contribution in [2.24, 2.45) is 0 Å². The highest BCUT2D eigenvalue weighted by atomic mass is 16.5. The molecule has 0 unspecified atom stereocenters. The molecule has 2 saturated heterocycles. The molecule has 1 atom stereocenters. The highest BCUT2D eigenvalue weighted by molar-refractivity contribution is 5.98. The minimum atomic E-state index is -0.645. The number of carbonyl (C=O) groups is 3. The summed E-state index contributed by atoms with van der Waals surface area (Å²) in [6.45, 7) is 15.3. The van der Waals surface area contributed by atoms with Gasteiger partial charge in [0.05, 0.1) is 13.7 Å². The van der Waals surface area contributed by atoms with Gasteiger partial charge < -0.3 is 19.6 Å². The number of β-amino-alcohol motifs (C(OH)–C–C–N with tert-alkyl or cyclic N) is 1. The number of hydrogen-bond acceptors (Lipinski definition) is 6. The van der Waals surface area contributed by atoms with Crippen molar-refractivity contribution >= 4 is 18.3 Å². The zero-order valence-corrected chi connectivity index (χ0v) is 19.4. The summed E-state index contributed by atoms with van der Waals surface area (Å²) in [6, 6.07) is 0. The lowest BCUT2D eigenvalue weighted by Gasteiger charge is -2.42. The minimum absolute atomic E-state index is 0.0119. The predicted molar refractivity (Wildman–Crippen MR) is 118 cm³/mol. The van der Waals surface area contributed by atoms with Gasteiger partial charge in [0.2, 0.25) is 11.8 Å². The van der Waals surface area contributed by atoms with E-state index in [1.54, 1.807) is 9.80 Å². The fraction of sp³-hybridized carbons (Fsp3) is 0.773. The lowest BCUT2D eigenvalue weighted by molar-refractivity contribution is -0.154. The molecule has 0 bridgehead atoms. The third-order valence-corrected chi connectivity index (χ3v) is 5.00. The summed E-state index contributed by atoms with van der Waals surface area (Å²) in [5.41, 5.74) is -0.645. The van der Waals surface area contributed by atoms with Crippen molar-refractivity contribution in [1.29, 1.82) is 0 Å². The highest BCUT2D eigenvalue weighted by Crippen LogP contribution is 2.45. The first-order valence-corrected chi connectivity index (χ1v) is 11.0. The predicted octanol–water partition coefficient (Wildman–Crippen LogP) is 2.02. The van der Waals surface area contributed by atoms with Gasteiger partial charge in [-0.1, -0.05) is 40.7 Å². The molecule has 1 N–H and O–H groups in total. The van der Waals surface area contributed by atoms with Crippen LogP contribution in [0.15, 0.2) is 12.7 Å². The number of likely N-dealkylation sites (tertiary alicyclic amines) is 1. The van der Waals surface area contributed by atoms with E-state index >= 15 is 0 Å². The van der Waals surface area contributed by atoms with E-state index in [0.29, 0.717) is 26.1 Å². The number of methoxy groups -OCH3 is 1. The molecule has 1 spiro atoms. The monoisotopic (exact) mass is 427 g/mol. The second-order valence-electron chi connectivity index (χ2n) is 7.24. The Morgan fingerprint density at radius 3 is 2.10 bits per heavy atom. The molecule has 0 aromatic heterocycles. The van der Waals surface area contributed by atoms with Gasteiger partial charge >= 0.3 is 0 Å². The highest BCUT2D eigenvalue weighted by Gasteiger charge is 2.59. The van der Waals surface area contributed by atoms with Crippen LogP contribution in [0.25, 0.3) is 0 Å². The van der Waals surface area contributed by atoms with E-state index in [9.17, 15) is 14.7 Å². The summed E-state index contributed by atoms with van der Waals surface area (Å²) in [6.07, 6.45) is 5.60. The molecule has 2 heterocycles. The minimum Gasteiger partial charge on any atom is -0.471 e. The Morgan fingerprint density at radius 2 is 1.70 bits per heavy atom. The van der Waals surface area contributed by atoms with Crippen LogP contribution in [0.4, 0.5) is 0 Å². The molecule has 0 radical (unpaired) electrons. The van der Waals surface area contributed by atoms with E-state index < -0.39 is 11.8 Å². The first-order chi connectivity index (χ1) is 14.4. The van der Waals surface area contributed by atoms with E-state index in [4.69, 9.17) is 4.79 Å². The smallest absolute Gasteiger partial charge is 0.292 e. The average molecular weight is 428 g/mol. The third-order valence-electron chi connectivity index (χ3n) is 5.00. The number of carbonyl (C=O) groups excluding carboxylic acids is 3. The standard InChI is InChI=1S/C15H23N3O3.C3H8.C2H4O2.C2H6/c1-2-12(19)18-10-9-17(14(21)15(18)5-6-15)11-13(20)16-7-3-4-8-16;1-3-2;1-4-2-3;1-2/h2,13,20H,1,3-11H2;3H2,1-2H3;2H,1H3;1-2H3/t13-;;;/m0.../s1. The van der Waals surface area contributed by atoms with Gasteiger partial charge in [-0.15, -0.1) is 0 Å². The first-order valence-electron chi connectivity index (χ1n) is 11.0. The van der Waals surface area contributed by atoms with Crippen LogP contribution in [0.1, 0.15) is 59.8 Å². The van der Waals surface area contributed by atoms with Gasteiger partial charge in [-0.25, -0.2) is 0 Å². The Balaban J connectivity index is 0.000000806. The zero-order valence-electron chi connectivity index (χ0n) is 19.4. The first kappa shape index (κ1) is 28.1. The third kappa shape index (κ3) is 7.72. The van der Waals surface area contributed by atoms with Gasteiger partial charge in [-0.05, 0) is 31.8 Å². The summed E-state index contributed by atoms with van der Waals surface area (Å²) in [4.78, 5) is 38.9. The van der Waals surface area contributed by atoms with Gasteiger partial charge in [-0.2, -0.15) is 0 Å². The van der Waals surface area contributed by atoms with E-state index in [2.05, 4.69) is 25.2 Å². The van der Waals surface area contributed by atoms with Crippen LogP contribution in [-0.2, 0) is 19.1 Å². The number of rotatable bonds is 5. The van der Waals surface area contributed by atoms with Crippen LogP contribution in [-0.4, -0.2) is 89.7 Å². The molecule has 3 fully saturated rings. The Labute approximate surface area is 181 Å². The summed E-state index contributed by atoms with van der Waals surface area (Å²) in [5, 5.41) is 10.3. The van der Waals surface area contributed by atoms with E-state index in [1.165, 1.54) is 19.6 Å². The second kappa shape index (κ2) is 15.0. The summed E-state index contributed by atoms with van der Waals surface area (Å²) < 4.78 is 3.86. The van der Waals surface area contributed by atoms with E-state index in [0.717, 1.165) is 38.8 Å². The number of hydrogen-bond donors (Lipinski definition) is 1. The quantitative estimate of drug-likeness (QED) is 0.533. The van der Waals surface area contributed by atoms with E-state index in [1.807, 2.05) is 18.7 Å². The molecule has 30 heavy (non-hydrogen) atoms. The molecule has 8 heteroatoms. The van der Waals surface area contributed by atoms with Gasteiger partial charge in [0.15, 0.2) is 0 Å². The number of nitrogens with zero attached hydrogens (tertiary/aromatic N) is 3. The summed E-state index contributed by atoms with van der Waals surface area (Å²) >= 11 is 0. The molecule has 3 rings (SSSR count). The molecule has 3 aliphatic rings. The Kier molecular flexibility index (Phi) is 14.0. The lowest BCUT2D eigenvalue weighted by Crippen LogP contribution is -2.62. The molecule has 1 aliphatic carbocycles. The number of aliphatic hydroxyl groups excluding tert-OH is 1. The molecule has 1 saturated carbocycles. The maximum atomic E-state index is 12.7.